The third-order valence-corrected chi connectivity index (χ3v) is 5.27. The summed E-state index contributed by atoms with van der Waals surface area (Å²) in [5, 5.41) is 3.75. The molecule has 0 radical (unpaired) electrons. The minimum atomic E-state index is 0.323. The van der Waals surface area contributed by atoms with Crippen molar-refractivity contribution < 1.29 is 4.74 Å². The van der Waals surface area contributed by atoms with Gasteiger partial charge in [0.25, 0.3) is 0 Å². The maximum absolute atomic E-state index is 5.39. The highest BCUT2D eigenvalue weighted by molar-refractivity contribution is 9.10. The SMILES string of the molecule is COc1cccc([C@@H]2Nc3ccc(Br)cc3[C@@H]3C=CC[C@@H]32)c1. The number of halogens is 1. The fraction of sp³-hybridized carbons (Fsp3) is 0.263. The Balaban J connectivity index is 1.77. The van der Waals surface area contributed by atoms with Gasteiger partial charge in [-0.05, 0) is 53.8 Å². The molecule has 0 fully saturated rings. The monoisotopic (exact) mass is 355 g/mol. The lowest BCUT2D eigenvalue weighted by Crippen LogP contribution is -2.29. The van der Waals surface area contributed by atoms with Crippen molar-refractivity contribution in [3.8, 4) is 5.75 Å². The number of ether oxygens (including phenoxy) is 1. The van der Waals surface area contributed by atoms with Gasteiger partial charge in [0.15, 0.2) is 0 Å². The fourth-order valence-corrected chi connectivity index (χ4v) is 4.11. The second-order valence-corrected chi connectivity index (χ2v) is 6.90. The van der Waals surface area contributed by atoms with Crippen LogP contribution in [0.4, 0.5) is 5.69 Å². The van der Waals surface area contributed by atoms with Crippen LogP contribution in [0.1, 0.15) is 29.5 Å². The van der Waals surface area contributed by atoms with E-state index in [1.165, 1.54) is 16.8 Å². The molecule has 1 heterocycles. The Morgan fingerprint density at radius 3 is 2.95 bits per heavy atom. The summed E-state index contributed by atoms with van der Waals surface area (Å²) in [6.45, 7) is 0. The van der Waals surface area contributed by atoms with Crippen molar-refractivity contribution in [3.05, 3.63) is 70.2 Å². The molecule has 0 aromatic heterocycles. The van der Waals surface area contributed by atoms with Gasteiger partial charge < -0.3 is 10.1 Å². The van der Waals surface area contributed by atoms with Crippen LogP contribution < -0.4 is 10.1 Å². The highest BCUT2D eigenvalue weighted by Gasteiger charge is 2.37. The second kappa shape index (κ2) is 5.47. The molecule has 1 aliphatic carbocycles. The summed E-state index contributed by atoms with van der Waals surface area (Å²) < 4.78 is 6.54. The van der Waals surface area contributed by atoms with E-state index >= 15 is 0 Å². The van der Waals surface area contributed by atoms with Crippen LogP contribution in [0.3, 0.4) is 0 Å². The average Bonchev–Trinajstić information content (AvgIpc) is 3.04. The summed E-state index contributed by atoms with van der Waals surface area (Å²) in [4.78, 5) is 0. The Hall–Kier alpha value is -1.74. The molecule has 0 bridgehead atoms. The lowest BCUT2D eigenvalue weighted by atomic mass is 9.77. The molecular formula is C19H18BrNO. The van der Waals surface area contributed by atoms with Crippen LogP contribution >= 0.6 is 15.9 Å². The molecule has 0 saturated carbocycles. The fourth-order valence-electron chi connectivity index (χ4n) is 3.73. The average molecular weight is 356 g/mol. The van der Waals surface area contributed by atoms with Crippen LogP contribution in [0.2, 0.25) is 0 Å². The summed E-state index contributed by atoms with van der Waals surface area (Å²) >= 11 is 3.60. The molecule has 2 nitrogen and oxygen atoms in total. The van der Waals surface area contributed by atoms with E-state index < -0.39 is 0 Å². The van der Waals surface area contributed by atoms with Crippen LogP contribution in [0.5, 0.6) is 5.75 Å². The van der Waals surface area contributed by atoms with Crippen LogP contribution in [-0.4, -0.2) is 7.11 Å². The molecule has 2 aromatic carbocycles. The summed E-state index contributed by atoms with van der Waals surface area (Å²) in [5.41, 5.74) is 3.93. The van der Waals surface area contributed by atoms with Crippen LogP contribution in [0, 0.1) is 5.92 Å². The van der Waals surface area contributed by atoms with Gasteiger partial charge in [-0.25, -0.2) is 0 Å². The Morgan fingerprint density at radius 1 is 1.18 bits per heavy atom. The van der Waals surface area contributed by atoms with E-state index in [1.54, 1.807) is 7.11 Å². The number of hydrogen-bond donors (Lipinski definition) is 1. The molecule has 0 unspecified atom stereocenters. The number of anilines is 1. The van der Waals surface area contributed by atoms with Crippen molar-refractivity contribution in [2.45, 2.75) is 18.4 Å². The van der Waals surface area contributed by atoms with E-state index in [9.17, 15) is 0 Å². The van der Waals surface area contributed by atoms with E-state index in [1.807, 2.05) is 6.07 Å². The molecule has 2 aliphatic rings. The summed E-state index contributed by atoms with van der Waals surface area (Å²) in [6, 6.07) is 15.3. The van der Waals surface area contributed by atoms with Gasteiger partial charge in [0.2, 0.25) is 0 Å². The standard InChI is InChI=1S/C19H18BrNO/c1-22-14-5-2-4-12(10-14)19-16-7-3-6-15(16)17-11-13(20)8-9-18(17)21-19/h2-6,8-11,15-16,19,21H,7H2,1H3/t15-,16+,19+/m1/s1. The summed E-state index contributed by atoms with van der Waals surface area (Å²) in [5.74, 6) is 1.97. The third-order valence-electron chi connectivity index (χ3n) is 4.78. The molecule has 2 aromatic rings. The van der Waals surface area contributed by atoms with Gasteiger partial charge in [-0.15, -0.1) is 0 Å². The van der Waals surface area contributed by atoms with E-state index in [0.717, 1.165) is 16.6 Å². The van der Waals surface area contributed by atoms with Crippen LogP contribution in [0.15, 0.2) is 59.1 Å². The largest absolute Gasteiger partial charge is 0.497 e. The first kappa shape index (κ1) is 13.9. The molecule has 112 valence electrons. The van der Waals surface area contributed by atoms with Crippen molar-refractivity contribution in [2.75, 3.05) is 12.4 Å². The number of benzene rings is 2. The molecule has 22 heavy (non-hydrogen) atoms. The minimum absolute atomic E-state index is 0.323. The molecule has 1 N–H and O–H groups in total. The van der Waals surface area contributed by atoms with Gasteiger partial charge in [0, 0.05) is 16.1 Å². The molecule has 0 saturated heterocycles. The zero-order valence-electron chi connectivity index (χ0n) is 12.4. The van der Waals surface area contributed by atoms with Gasteiger partial charge in [-0.1, -0.05) is 40.2 Å². The van der Waals surface area contributed by atoms with Gasteiger partial charge >= 0.3 is 0 Å². The maximum atomic E-state index is 5.39. The quantitative estimate of drug-likeness (QED) is 0.739. The molecule has 1 aliphatic heterocycles. The zero-order valence-corrected chi connectivity index (χ0v) is 14.0. The van der Waals surface area contributed by atoms with Gasteiger partial charge in [0.05, 0.1) is 13.2 Å². The smallest absolute Gasteiger partial charge is 0.119 e. The predicted molar refractivity (Wildman–Crippen MR) is 93.5 cm³/mol. The summed E-state index contributed by atoms with van der Waals surface area (Å²) in [7, 11) is 1.72. The van der Waals surface area contributed by atoms with Crippen LogP contribution in [-0.2, 0) is 0 Å². The van der Waals surface area contributed by atoms with E-state index in [0.29, 0.717) is 17.9 Å². The molecular weight excluding hydrogens is 338 g/mol. The maximum Gasteiger partial charge on any atom is 0.119 e. The Kier molecular flexibility index (Phi) is 3.45. The van der Waals surface area contributed by atoms with Gasteiger partial charge in [-0.2, -0.15) is 0 Å². The lowest BCUT2D eigenvalue weighted by molar-refractivity contribution is 0.406. The van der Waals surface area contributed by atoms with Crippen molar-refractivity contribution >= 4 is 21.6 Å². The molecule has 0 amide bonds. The number of fused-ring (bicyclic) bond motifs is 3. The third kappa shape index (κ3) is 2.24. The number of nitrogens with one attached hydrogen (secondary N) is 1. The Morgan fingerprint density at radius 2 is 2.09 bits per heavy atom. The van der Waals surface area contributed by atoms with E-state index in [4.69, 9.17) is 4.74 Å². The first-order valence-electron chi connectivity index (χ1n) is 7.63. The number of rotatable bonds is 2. The number of hydrogen-bond acceptors (Lipinski definition) is 2. The second-order valence-electron chi connectivity index (χ2n) is 5.98. The van der Waals surface area contributed by atoms with E-state index in [-0.39, 0.29) is 0 Å². The first-order chi connectivity index (χ1) is 10.8. The first-order valence-corrected chi connectivity index (χ1v) is 8.42. The van der Waals surface area contributed by atoms with Crippen molar-refractivity contribution in [2.24, 2.45) is 5.92 Å². The topological polar surface area (TPSA) is 21.3 Å². The van der Waals surface area contributed by atoms with Crippen LogP contribution in [0.25, 0.3) is 0 Å². The predicted octanol–water partition coefficient (Wildman–Crippen LogP) is 5.28. The van der Waals surface area contributed by atoms with E-state index in [2.05, 4.69) is 69.8 Å². The minimum Gasteiger partial charge on any atom is -0.497 e. The van der Waals surface area contributed by atoms with Crippen molar-refractivity contribution in [1.82, 2.24) is 0 Å². The molecule has 3 heteroatoms. The Bertz CT molecular complexity index is 740. The highest BCUT2D eigenvalue weighted by Crippen LogP contribution is 2.50. The summed E-state index contributed by atoms with van der Waals surface area (Å²) in [6.07, 6.45) is 5.80. The molecule has 0 spiro atoms. The van der Waals surface area contributed by atoms with Crippen molar-refractivity contribution in [1.29, 1.82) is 0 Å². The number of allylic oxidation sites excluding steroid dienone is 2. The number of methoxy groups -OCH3 is 1. The Labute approximate surface area is 139 Å². The normalized spacial score (nSPS) is 25.3. The lowest BCUT2D eigenvalue weighted by Gasteiger charge is -2.37. The van der Waals surface area contributed by atoms with Gasteiger partial charge in [-0.3, -0.25) is 0 Å². The van der Waals surface area contributed by atoms with Gasteiger partial charge in [0.1, 0.15) is 5.75 Å². The highest BCUT2D eigenvalue weighted by atomic mass is 79.9. The zero-order chi connectivity index (χ0) is 15.1. The van der Waals surface area contributed by atoms with Crippen molar-refractivity contribution in [3.63, 3.8) is 0 Å². The molecule has 3 atom stereocenters. The molecule has 4 rings (SSSR count).